The first-order chi connectivity index (χ1) is 9.05. The van der Waals surface area contributed by atoms with E-state index in [1.54, 1.807) is 24.3 Å². The Bertz CT molecular complexity index is 555. The number of nitrogens with zero attached hydrogens (tertiary/aromatic N) is 2. The van der Waals surface area contributed by atoms with Crippen molar-refractivity contribution in [2.45, 2.75) is 4.90 Å². The Morgan fingerprint density at radius 3 is 2.35 bits per heavy atom. The van der Waals surface area contributed by atoms with Crippen molar-refractivity contribution in [2.75, 3.05) is 32.7 Å². The van der Waals surface area contributed by atoms with Gasteiger partial charge in [0.15, 0.2) is 0 Å². The van der Waals surface area contributed by atoms with E-state index < -0.39 is 10.0 Å². The van der Waals surface area contributed by atoms with Gasteiger partial charge in [-0.05, 0) is 12.1 Å². The highest BCUT2D eigenvalue weighted by molar-refractivity contribution is 7.89. The van der Waals surface area contributed by atoms with Gasteiger partial charge in [-0.1, -0.05) is 29.8 Å². The highest BCUT2D eigenvalue weighted by atomic mass is 35.5. The van der Waals surface area contributed by atoms with E-state index in [0.717, 1.165) is 19.6 Å². The quantitative estimate of drug-likeness (QED) is 0.792. The van der Waals surface area contributed by atoms with Gasteiger partial charge in [-0.3, -0.25) is 4.90 Å². The predicted molar refractivity (Wildman–Crippen MR) is 84.1 cm³/mol. The van der Waals surface area contributed by atoms with Gasteiger partial charge in [-0.15, -0.1) is 19.0 Å². The van der Waals surface area contributed by atoms with Gasteiger partial charge in [-0.25, -0.2) is 8.42 Å². The molecular weight excluding hydrogens is 319 g/mol. The normalized spacial score (nSPS) is 17.4. The SMILES string of the molecule is C=CCN1CCN(S(=O)(=O)c2ccccc2Cl)CC1.Cl. The molecule has 0 unspecified atom stereocenters. The maximum atomic E-state index is 12.5. The molecule has 20 heavy (non-hydrogen) atoms. The second-order valence-corrected chi connectivity index (χ2v) is 6.74. The zero-order valence-corrected chi connectivity index (χ0v) is 13.4. The van der Waals surface area contributed by atoms with Crippen molar-refractivity contribution >= 4 is 34.0 Å². The predicted octanol–water partition coefficient (Wildman–Crippen LogP) is 2.25. The van der Waals surface area contributed by atoms with Crippen molar-refractivity contribution in [2.24, 2.45) is 0 Å². The van der Waals surface area contributed by atoms with Crippen LogP contribution < -0.4 is 0 Å². The Kier molecular flexibility index (Phi) is 6.48. The van der Waals surface area contributed by atoms with Crippen molar-refractivity contribution < 1.29 is 8.42 Å². The Morgan fingerprint density at radius 1 is 1.20 bits per heavy atom. The molecule has 1 aliphatic heterocycles. The number of hydrogen-bond acceptors (Lipinski definition) is 3. The van der Waals surface area contributed by atoms with Gasteiger partial charge in [0.05, 0.1) is 5.02 Å². The molecule has 4 nitrogen and oxygen atoms in total. The first-order valence-electron chi connectivity index (χ1n) is 6.13. The van der Waals surface area contributed by atoms with E-state index in [1.165, 1.54) is 4.31 Å². The molecule has 1 aliphatic rings. The van der Waals surface area contributed by atoms with Crippen molar-refractivity contribution in [3.8, 4) is 0 Å². The van der Waals surface area contributed by atoms with Gasteiger partial charge in [0.1, 0.15) is 4.90 Å². The zero-order valence-electron chi connectivity index (χ0n) is 11.0. The van der Waals surface area contributed by atoms with Crippen LogP contribution in [0.15, 0.2) is 41.8 Å². The summed E-state index contributed by atoms with van der Waals surface area (Å²) in [5.74, 6) is 0. The van der Waals surface area contributed by atoms with E-state index in [4.69, 9.17) is 11.6 Å². The fraction of sp³-hybridized carbons (Fsp3) is 0.385. The zero-order chi connectivity index (χ0) is 13.9. The van der Waals surface area contributed by atoms with Crippen molar-refractivity contribution in [3.05, 3.63) is 41.9 Å². The average Bonchev–Trinajstić information content (AvgIpc) is 2.40. The smallest absolute Gasteiger partial charge is 0.244 e. The van der Waals surface area contributed by atoms with Crippen LogP contribution in [0.4, 0.5) is 0 Å². The molecule has 0 bridgehead atoms. The summed E-state index contributed by atoms with van der Waals surface area (Å²) in [4.78, 5) is 2.36. The van der Waals surface area contributed by atoms with Crippen LogP contribution in [0.5, 0.6) is 0 Å². The summed E-state index contributed by atoms with van der Waals surface area (Å²) >= 11 is 5.98. The van der Waals surface area contributed by atoms with Gasteiger partial charge in [0, 0.05) is 32.7 Å². The fourth-order valence-corrected chi connectivity index (χ4v) is 4.04. The molecule has 1 fully saturated rings. The van der Waals surface area contributed by atoms with Crippen LogP contribution in [-0.4, -0.2) is 50.3 Å². The summed E-state index contributed by atoms with van der Waals surface area (Å²) in [6.45, 7) is 6.89. The second-order valence-electron chi connectivity index (χ2n) is 4.42. The number of benzene rings is 1. The molecule has 7 heteroatoms. The molecule has 0 spiro atoms. The molecule has 1 aromatic rings. The Hall–Kier alpha value is -0.590. The van der Waals surface area contributed by atoms with Gasteiger partial charge < -0.3 is 0 Å². The first-order valence-corrected chi connectivity index (χ1v) is 7.95. The molecule has 0 atom stereocenters. The van der Waals surface area contributed by atoms with E-state index >= 15 is 0 Å². The van der Waals surface area contributed by atoms with E-state index in [-0.39, 0.29) is 22.3 Å². The molecule has 112 valence electrons. The van der Waals surface area contributed by atoms with Gasteiger partial charge in [0.2, 0.25) is 10.0 Å². The van der Waals surface area contributed by atoms with Gasteiger partial charge in [-0.2, -0.15) is 4.31 Å². The Balaban J connectivity index is 0.00000200. The van der Waals surface area contributed by atoms with Crippen LogP contribution in [0.1, 0.15) is 0 Å². The summed E-state index contributed by atoms with van der Waals surface area (Å²) in [5.41, 5.74) is 0. The lowest BCUT2D eigenvalue weighted by Gasteiger charge is -2.33. The average molecular weight is 337 g/mol. The van der Waals surface area contributed by atoms with Gasteiger partial charge >= 0.3 is 0 Å². The van der Waals surface area contributed by atoms with Gasteiger partial charge in [0.25, 0.3) is 0 Å². The summed E-state index contributed by atoms with van der Waals surface area (Å²) in [6, 6.07) is 6.56. The highest BCUT2D eigenvalue weighted by Gasteiger charge is 2.29. The molecule has 0 aliphatic carbocycles. The summed E-state index contributed by atoms with van der Waals surface area (Å²) in [6.07, 6.45) is 1.83. The number of piperazine rings is 1. The van der Waals surface area contributed by atoms with E-state index in [2.05, 4.69) is 11.5 Å². The first kappa shape index (κ1) is 17.5. The largest absolute Gasteiger partial charge is 0.297 e. The van der Waals surface area contributed by atoms with E-state index in [0.29, 0.717) is 13.1 Å². The van der Waals surface area contributed by atoms with Crippen LogP contribution in [0.25, 0.3) is 0 Å². The number of sulfonamides is 1. The maximum Gasteiger partial charge on any atom is 0.244 e. The Labute approximate surface area is 131 Å². The molecule has 0 radical (unpaired) electrons. The minimum Gasteiger partial charge on any atom is -0.297 e. The standard InChI is InChI=1S/C13H17ClN2O2S.ClH/c1-2-7-15-8-10-16(11-9-15)19(17,18)13-6-4-3-5-12(13)14;/h2-6H,1,7-11H2;1H. The lowest BCUT2D eigenvalue weighted by molar-refractivity contribution is 0.204. The van der Waals surface area contributed by atoms with Crippen LogP contribution >= 0.6 is 24.0 Å². The van der Waals surface area contributed by atoms with Crippen LogP contribution in [0.3, 0.4) is 0 Å². The summed E-state index contributed by atoms with van der Waals surface area (Å²) < 4.78 is 26.4. The molecular formula is C13H18Cl2N2O2S. The lowest BCUT2D eigenvalue weighted by Crippen LogP contribution is -2.48. The molecule has 1 heterocycles. The Morgan fingerprint density at radius 2 is 1.80 bits per heavy atom. The molecule has 0 N–H and O–H groups in total. The lowest BCUT2D eigenvalue weighted by atomic mass is 10.3. The maximum absolute atomic E-state index is 12.5. The van der Waals surface area contributed by atoms with Crippen molar-refractivity contribution in [1.82, 2.24) is 9.21 Å². The molecule has 0 saturated carbocycles. The summed E-state index contributed by atoms with van der Waals surface area (Å²) in [7, 11) is -3.48. The van der Waals surface area contributed by atoms with E-state index in [1.807, 2.05) is 6.08 Å². The topological polar surface area (TPSA) is 40.6 Å². The van der Waals surface area contributed by atoms with Crippen molar-refractivity contribution in [1.29, 1.82) is 0 Å². The number of halogens is 2. The minimum absolute atomic E-state index is 0. The van der Waals surface area contributed by atoms with Crippen LogP contribution in [0.2, 0.25) is 5.02 Å². The van der Waals surface area contributed by atoms with Crippen LogP contribution in [-0.2, 0) is 10.0 Å². The summed E-state index contributed by atoms with van der Waals surface area (Å²) in [5, 5.41) is 0.274. The number of hydrogen-bond donors (Lipinski definition) is 0. The van der Waals surface area contributed by atoms with Crippen LogP contribution in [0, 0.1) is 0 Å². The van der Waals surface area contributed by atoms with Crippen molar-refractivity contribution in [3.63, 3.8) is 0 Å². The molecule has 1 aromatic carbocycles. The molecule has 1 saturated heterocycles. The second kappa shape index (κ2) is 7.43. The van der Waals surface area contributed by atoms with E-state index in [9.17, 15) is 8.42 Å². The highest BCUT2D eigenvalue weighted by Crippen LogP contribution is 2.24. The third-order valence-electron chi connectivity index (χ3n) is 3.17. The molecule has 0 amide bonds. The third kappa shape index (κ3) is 3.74. The molecule has 0 aromatic heterocycles. The third-order valence-corrected chi connectivity index (χ3v) is 5.57. The molecule has 2 rings (SSSR count). The number of rotatable bonds is 4. The monoisotopic (exact) mass is 336 g/mol. The minimum atomic E-state index is -3.48. The fourth-order valence-electron chi connectivity index (χ4n) is 2.13.